The minimum Gasteiger partial charge on any atom is -0.389 e. The van der Waals surface area contributed by atoms with Gasteiger partial charge in [-0.25, -0.2) is 9.50 Å². The standard InChI is InChI=1S/C29H33N5O2S/c1-17-6-11-25(19(3)12-17)37-26-14-23(31-16-29(4,5)36)27-30-15-24(34(27)33-26)20-7-10-22(18(2)13-20)28(35)32-21-8-9-21/h6-7,10-15,21,31,36H,8-9,16H2,1-5H3,(H,32,35). The average Bonchev–Trinajstić information content (AvgIpc) is 3.54. The third kappa shape index (κ3) is 5.81. The lowest BCUT2D eigenvalue weighted by atomic mass is 10.0. The molecule has 0 saturated heterocycles. The zero-order valence-electron chi connectivity index (χ0n) is 21.9. The van der Waals surface area contributed by atoms with E-state index in [1.807, 2.05) is 41.9 Å². The number of anilines is 1. The maximum absolute atomic E-state index is 12.6. The number of aryl methyl sites for hydroxylation is 3. The second-order valence-corrected chi connectivity index (χ2v) is 11.7. The monoisotopic (exact) mass is 515 g/mol. The Morgan fingerprint density at radius 3 is 2.57 bits per heavy atom. The largest absolute Gasteiger partial charge is 0.389 e. The molecule has 7 nitrogen and oxygen atoms in total. The number of aliphatic hydroxyl groups is 1. The molecule has 2 aromatic carbocycles. The summed E-state index contributed by atoms with van der Waals surface area (Å²) in [5.41, 5.74) is 6.38. The number of rotatable bonds is 8. The summed E-state index contributed by atoms with van der Waals surface area (Å²) >= 11 is 1.60. The van der Waals surface area contributed by atoms with Crippen LogP contribution in [-0.4, -0.2) is 43.8 Å². The predicted molar refractivity (Wildman–Crippen MR) is 148 cm³/mol. The van der Waals surface area contributed by atoms with Gasteiger partial charge in [0.05, 0.1) is 23.2 Å². The summed E-state index contributed by atoms with van der Waals surface area (Å²) < 4.78 is 1.84. The highest BCUT2D eigenvalue weighted by atomic mass is 32.2. The van der Waals surface area contributed by atoms with E-state index in [1.165, 1.54) is 11.1 Å². The van der Waals surface area contributed by atoms with Crippen LogP contribution in [-0.2, 0) is 0 Å². The number of nitrogens with zero attached hydrogens (tertiary/aromatic N) is 3. The lowest BCUT2D eigenvalue weighted by molar-refractivity contribution is 0.0940. The van der Waals surface area contributed by atoms with Gasteiger partial charge in [-0.1, -0.05) is 35.5 Å². The number of imidazole rings is 1. The van der Waals surface area contributed by atoms with Gasteiger partial charge in [0.1, 0.15) is 5.03 Å². The van der Waals surface area contributed by atoms with Crippen LogP contribution in [0.25, 0.3) is 16.9 Å². The van der Waals surface area contributed by atoms with Crippen LogP contribution >= 0.6 is 11.8 Å². The fraction of sp³-hybridized carbons (Fsp3) is 0.345. The van der Waals surface area contributed by atoms with Gasteiger partial charge in [0.25, 0.3) is 5.91 Å². The normalized spacial score (nSPS) is 13.7. The van der Waals surface area contributed by atoms with Gasteiger partial charge in [-0.05, 0) is 82.9 Å². The van der Waals surface area contributed by atoms with Crippen molar-refractivity contribution < 1.29 is 9.90 Å². The van der Waals surface area contributed by atoms with E-state index in [-0.39, 0.29) is 5.91 Å². The van der Waals surface area contributed by atoms with Crippen molar-refractivity contribution in [3.8, 4) is 11.3 Å². The Kier molecular flexibility index (Phi) is 6.72. The quantitative estimate of drug-likeness (QED) is 0.285. The Balaban J connectivity index is 1.54. The molecule has 0 aliphatic heterocycles. The Hall–Kier alpha value is -3.36. The van der Waals surface area contributed by atoms with Crippen molar-refractivity contribution in [2.24, 2.45) is 0 Å². The molecule has 37 heavy (non-hydrogen) atoms. The lowest BCUT2D eigenvalue weighted by Crippen LogP contribution is -2.29. The molecule has 0 bridgehead atoms. The molecule has 0 atom stereocenters. The fourth-order valence-electron chi connectivity index (χ4n) is 4.23. The number of carbonyl (C=O) groups is 1. The Bertz CT molecular complexity index is 1480. The van der Waals surface area contributed by atoms with Gasteiger partial charge in [-0.2, -0.15) is 5.10 Å². The first-order valence-electron chi connectivity index (χ1n) is 12.6. The number of hydrogen-bond donors (Lipinski definition) is 3. The second kappa shape index (κ2) is 9.84. The van der Waals surface area contributed by atoms with Crippen LogP contribution < -0.4 is 10.6 Å². The zero-order chi connectivity index (χ0) is 26.3. The van der Waals surface area contributed by atoms with Crippen LogP contribution in [0.15, 0.2) is 58.6 Å². The average molecular weight is 516 g/mol. The van der Waals surface area contributed by atoms with E-state index < -0.39 is 5.60 Å². The van der Waals surface area contributed by atoms with E-state index >= 15 is 0 Å². The molecule has 1 saturated carbocycles. The minimum atomic E-state index is -0.884. The van der Waals surface area contributed by atoms with Crippen molar-refractivity contribution in [3.63, 3.8) is 0 Å². The van der Waals surface area contributed by atoms with E-state index in [1.54, 1.807) is 25.6 Å². The smallest absolute Gasteiger partial charge is 0.251 e. The molecule has 3 N–H and O–H groups in total. The van der Waals surface area contributed by atoms with Gasteiger partial charge in [0.2, 0.25) is 0 Å². The van der Waals surface area contributed by atoms with E-state index in [0.29, 0.717) is 23.8 Å². The molecule has 1 amide bonds. The van der Waals surface area contributed by atoms with Crippen molar-refractivity contribution >= 4 is 29.0 Å². The van der Waals surface area contributed by atoms with Crippen LogP contribution in [0.1, 0.15) is 53.7 Å². The molecule has 0 unspecified atom stereocenters. The van der Waals surface area contributed by atoms with Crippen molar-refractivity contribution in [1.29, 1.82) is 0 Å². The fourth-order valence-corrected chi connectivity index (χ4v) is 5.11. The van der Waals surface area contributed by atoms with Crippen LogP contribution in [0.2, 0.25) is 0 Å². The highest BCUT2D eigenvalue weighted by molar-refractivity contribution is 7.99. The molecule has 2 heterocycles. The predicted octanol–water partition coefficient (Wildman–Crippen LogP) is 5.55. The van der Waals surface area contributed by atoms with E-state index in [0.717, 1.165) is 45.3 Å². The molecule has 8 heteroatoms. The summed E-state index contributed by atoms with van der Waals surface area (Å²) in [6.45, 7) is 10.1. The van der Waals surface area contributed by atoms with Crippen LogP contribution in [0.3, 0.4) is 0 Å². The van der Waals surface area contributed by atoms with Crippen LogP contribution in [0, 0.1) is 20.8 Å². The first-order valence-corrected chi connectivity index (χ1v) is 13.4. The highest BCUT2D eigenvalue weighted by Gasteiger charge is 2.25. The summed E-state index contributed by atoms with van der Waals surface area (Å²) in [5, 5.41) is 22.5. The molecule has 0 radical (unpaired) electrons. The molecule has 4 aromatic rings. The van der Waals surface area contributed by atoms with Crippen LogP contribution in [0.5, 0.6) is 0 Å². The van der Waals surface area contributed by atoms with Crippen molar-refractivity contribution in [1.82, 2.24) is 19.9 Å². The molecule has 5 rings (SSSR count). The molecule has 192 valence electrons. The van der Waals surface area contributed by atoms with Gasteiger partial charge in [0, 0.05) is 28.6 Å². The minimum absolute atomic E-state index is 0.0203. The summed E-state index contributed by atoms with van der Waals surface area (Å²) in [6, 6.07) is 14.5. The number of hydrogen-bond acceptors (Lipinski definition) is 6. The number of carbonyl (C=O) groups excluding carboxylic acids is 1. The molecular weight excluding hydrogens is 482 g/mol. The van der Waals surface area contributed by atoms with E-state index in [4.69, 9.17) is 5.10 Å². The number of nitrogens with one attached hydrogen (secondary N) is 2. The van der Waals surface area contributed by atoms with Gasteiger partial charge < -0.3 is 15.7 Å². The third-order valence-corrected chi connectivity index (χ3v) is 7.47. The number of amides is 1. The Morgan fingerprint density at radius 2 is 1.89 bits per heavy atom. The number of fused-ring (bicyclic) bond motifs is 1. The molecule has 1 fully saturated rings. The molecule has 1 aliphatic rings. The van der Waals surface area contributed by atoms with Gasteiger partial charge in [-0.15, -0.1) is 0 Å². The van der Waals surface area contributed by atoms with E-state index in [9.17, 15) is 9.90 Å². The zero-order valence-corrected chi connectivity index (χ0v) is 22.7. The summed E-state index contributed by atoms with van der Waals surface area (Å²) in [6.07, 6.45) is 3.92. The molecular formula is C29H33N5O2S. The SMILES string of the molecule is Cc1ccc(Sc2cc(NCC(C)(C)O)c3ncc(-c4ccc(C(=O)NC5CC5)c(C)c4)n3n2)c(C)c1. The van der Waals surface area contributed by atoms with Crippen molar-refractivity contribution in [3.05, 3.63) is 70.9 Å². The summed E-state index contributed by atoms with van der Waals surface area (Å²) in [5.74, 6) is -0.0203. The second-order valence-electron chi connectivity index (χ2n) is 10.6. The van der Waals surface area contributed by atoms with Gasteiger partial charge in [0.15, 0.2) is 5.65 Å². The van der Waals surface area contributed by atoms with Crippen molar-refractivity contribution in [2.45, 2.75) is 69.0 Å². The number of aromatic nitrogens is 3. The van der Waals surface area contributed by atoms with Gasteiger partial charge in [-0.3, -0.25) is 4.79 Å². The summed E-state index contributed by atoms with van der Waals surface area (Å²) in [7, 11) is 0. The van der Waals surface area contributed by atoms with Gasteiger partial charge >= 0.3 is 0 Å². The van der Waals surface area contributed by atoms with Crippen molar-refractivity contribution in [2.75, 3.05) is 11.9 Å². The maximum Gasteiger partial charge on any atom is 0.251 e. The first kappa shape index (κ1) is 25.3. The lowest BCUT2D eigenvalue weighted by Gasteiger charge is -2.19. The highest BCUT2D eigenvalue weighted by Crippen LogP contribution is 2.34. The molecule has 1 aliphatic carbocycles. The summed E-state index contributed by atoms with van der Waals surface area (Å²) in [4.78, 5) is 18.4. The van der Waals surface area contributed by atoms with E-state index in [2.05, 4.69) is 47.7 Å². The van der Waals surface area contributed by atoms with Crippen LogP contribution in [0.4, 0.5) is 5.69 Å². The Labute approximate surface area is 221 Å². The topological polar surface area (TPSA) is 91.5 Å². The first-order chi connectivity index (χ1) is 17.6. The Morgan fingerprint density at radius 1 is 1.11 bits per heavy atom. The molecule has 0 spiro atoms. The third-order valence-electron chi connectivity index (χ3n) is 6.38. The number of benzene rings is 2. The molecule has 2 aromatic heterocycles. The maximum atomic E-state index is 12.6.